The fourth-order valence-electron chi connectivity index (χ4n) is 4.76. The average Bonchev–Trinajstić information content (AvgIpc) is 3.43. The van der Waals surface area contributed by atoms with Crippen LogP contribution >= 0.6 is 11.3 Å². The normalized spacial score (nSPS) is 14.5. The molecule has 2 aromatic heterocycles. The number of fused-ring (bicyclic) bond motifs is 1. The highest BCUT2D eigenvalue weighted by molar-refractivity contribution is 7.15. The van der Waals surface area contributed by atoms with Gasteiger partial charge in [-0.15, -0.1) is 11.3 Å². The van der Waals surface area contributed by atoms with Gasteiger partial charge in [-0.2, -0.15) is 0 Å². The highest BCUT2D eigenvalue weighted by Gasteiger charge is 2.25. The fraction of sp³-hybridized carbons (Fsp3) is 0.483. The van der Waals surface area contributed by atoms with E-state index in [0.29, 0.717) is 19.6 Å². The lowest BCUT2D eigenvalue weighted by Crippen LogP contribution is -2.27. The van der Waals surface area contributed by atoms with Gasteiger partial charge in [0.25, 0.3) is 0 Å². The van der Waals surface area contributed by atoms with Gasteiger partial charge in [0.15, 0.2) is 0 Å². The van der Waals surface area contributed by atoms with Crippen LogP contribution in [0.1, 0.15) is 67.1 Å². The molecule has 0 saturated carbocycles. The largest absolute Gasteiger partial charge is 0.494 e. The Morgan fingerprint density at radius 2 is 2.03 bits per heavy atom. The highest BCUT2D eigenvalue weighted by Crippen LogP contribution is 2.37. The topological polar surface area (TPSA) is 64.5 Å². The zero-order valence-corrected chi connectivity index (χ0v) is 22.7. The molecule has 0 spiro atoms. The molecule has 2 heterocycles. The number of anilines is 1. The summed E-state index contributed by atoms with van der Waals surface area (Å²) < 4.78 is 11.2. The average molecular weight is 508 g/mol. The van der Waals surface area contributed by atoms with Crippen molar-refractivity contribution >= 4 is 23.1 Å². The molecule has 6 nitrogen and oxygen atoms in total. The molecule has 36 heavy (non-hydrogen) atoms. The first kappa shape index (κ1) is 26.1. The predicted octanol–water partition coefficient (Wildman–Crippen LogP) is 6.49. The molecule has 0 saturated heterocycles. The van der Waals surface area contributed by atoms with Crippen molar-refractivity contribution in [1.29, 1.82) is 0 Å². The molecule has 0 N–H and O–H groups in total. The van der Waals surface area contributed by atoms with Gasteiger partial charge in [0.05, 0.1) is 25.3 Å². The van der Waals surface area contributed by atoms with Crippen molar-refractivity contribution in [2.75, 3.05) is 31.2 Å². The van der Waals surface area contributed by atoms with Gasteiger partial charge in [0, 0.05) is 29.7 Å². The van der Waals surface area contributed by atoms with Crippen molar-refractivity contribution in [2.24, 2.45) is 0 Å². The molecule has 192 valence electrons. The molecule has 7 heteroatoms. The van der Waals surface area contributed by atoms with E-state index in [4.69, 9.17) is 14.5 Å². The number of aromatic nitrogens is 2. The first-order valence-corrected chi connectivity index (χ1v) is 13.9. The quantitative estimate of drug-likeness (QED) is 0.206. The number of ether oxygens (including phenoxy) is 2. The number of benzene rings is 1. The zero-order chi connectivity index (χ0) is 25.5. The molecule has 0 radical (unpaired) electrons. The molecule has 1 aromatic carbocycles. The van der Waals surface area contributed by atoms with Crippen LogP contribution in [0, 0.1) is 13.8 Å². The minimum absolute atomic E-state index is 0.107. The Balaban J connectivity index is 1.29. The number of rotatable bonds is 12. The van der Waals surface area contributed by atoms with Gasteiger partial charge in [-0.25, -0.2) is 9.97 Å². The third-order valence-corrected chi connectivity index (χ3v) is 7.84. The van der Waals surface area contributed by atoms with E-state index >= 15 is 0 Å². The molecule has 0 bridgehead atoms. The lowest BCUT2D eigenvalue weighted by atomic mass is 9.98. The van der Waals surface area contributed by atoms with E-state index in [1.807, 2.05) is 26.1 Å². The number of pyridine rings is 1. The van der Waals surface area contributed by atoms with E-state index in [-0.39, 0.29) is 11.9 Å². The number of aryl methyl sites for hydroxylation is 3. The second-order valence-electron chi connectivity index (χ2n) is 9.36. The summed E-state index contributed by atoms with van der Waals surface area (Å²) in [6, 6.07) is 10.5. The van der Waals surface area contributed by atoms with Gasteiger partial charge in [-0.1, -0.05) is 13.0 Å². The number of nitrogens with zero attached hydrogens (tertiary/aromatic N) is 3. The summed E-state index contributed by atoms with van der Waals surface area (Å²) in [5.41, 5.74) is 4.72. The standard InChI is InChI=1S/C29H37N3O3S/c1-5-14-32(27-13-10-24(19-30-27)29-31-20(3)21(4)36-29)15-7-16-35-25-11-12-26-22(17-25)8-9-23(26)18-28(33)34-6-2/h10-13,17,19,23H,5-9,14-16,18H2,1-4H3/t23-/m0/s1. The number of esters is 1. The van der Waals surface area contributed by atoms with Gasteiger partial charge >= 0.3 is 5.97 Å². The van der Waals surface area contributed by atoms with Crippen LogP contribution in [0.3, 0.4) is 0 Å². The molecule has 3 aromatic rings. The zero-order valence-electron chi connectivity index (χ0n) is 21.9. The third-order valence-electron chi connectivity index (χ3n) is 6.72. The van der Waals surface area contributed by atoms with Crippen LogP contribution in [-0.4, -0.2) is 42.2 Å². The van der Waals surface area contributed by atoms with Crippen LogP contribution in [0.2, 0.25) is 0 Å². The smallest absolute Gasteiger partial charge is 0.306 e. The maximum absolute atomic E-state index is 11.9. The minimum atomic E-state index is -0.107. The third kappa shape index (κ3) is 6.44. The Bertz CT molecular complexity index is 1140. The van der Waals surface area contributed by atoms with E-state index in [2.05, 4.69) is 48.0 Å². The van der Waals surface area contributed by atoms with Gasteiger partial charge in [-0.3, -0.25) is 4.79 Å². The van der Waals surface area contributed by atoms with Gasteiger partial charge in [-0.05, 0) is 87.8 Å². The Hall–Kier alpha value is -2.93. The molecule has 0 unspecified atom stereocenters. The molecule has 0 amide bonds. The number of carbonyl (C=O) groups excluding carboxylic acids is 1. The van der Waals surface area contributed by atoms with E-state index in [9.17, 15) is 4.79 Å². The summed E-state index contributed by atoms with van der Waals surface area (Å²) in [6.45, 7) is 11.1. The lowest BCUT2D eigenvalue weighted by molar-refractivity contribution is -0.143. The van der Waals surface area contributed by atoms with Gasteiger partial charge < -0.3 is 14.4 Å². The van der Waals surface area contributed by atoms with Crippen LogP contribution in [0.5, 0.6) is 5.75 Å². The number of hydrogen-bond donors (Lipinski definition) is 0. The van der Waals surface area contributed by atoms with Gasteiger partial charge in [0.1, 0.15) is 16.6 Å². The molecule has 0 aliphatic heterocycles. The van der Waals surface area contributed by atoms with Crippen molar-refractivity contribution in [3.8, 4) is 16.3 Å². The van der Waals surface area contributed by atoms with Crippen LogP contribution in [-0.2, 0) is 16.0 Å². The summed E-state index contributed by atoms with van der Waals surface area (Å²) in [4.78, 5) is 24.9. The van der Waals surface area contributed by atoms with Crippen LogP contribution in [0.15, 0.2) is 36.5 Å². The molecule has 1 aliphatic rings. The number of carbonyl (C=O) groups is 1. The maximum atomic E-state index is 11.9. The Labute approximate surface area is 218 Å². The molecule has 4 rings (SSSR count). The molecule has 1 atom stereocenters. The molecule has 1 aliphatic carbocycles. The van der Waals surface area contributed by atoms with Crippen molar-refractivity contribution < 1.29 is 14.3 Å². The van der Waals surface area contributed by atoms with Crippen molar-refractivity contribution in [3.63, 3.8) is 0 Å². The first-order valence-electron chi connectivity index (χ1n) is 13.0. The summed E-state index contributed by atoms with van der Waals surface area (Å²) in [5, 5.41) is 1.03. The Kier molecular flexibility index (Phi) is 8.97. The van der Waals surface area contributed by atoms with Crippen molar-refractivity contribution in [2.45, 2.75) is 65.7 Å². The summed E-state index contributed by atoms with van der Waals surface area (Å²) in [5.74, 6) is 2.06. The SMILES string of the molecule is CCCN(CCCOc1ccc2c(c1)CC[C@H]2CC(=O)OCC)c1ccc(-c2nc(C)c(C)s2)cn1. The lowest BCUT2D eigenvalue weighted by Gasteiger charge is -2.23. The van der Waals surface area contributed by atoms with Crippen molar-refractivity contribution in [1.82, 2.24) is 9.97 Å². The summed E-state index contributed by atoms with van der Waals surface area (Å²) >= 11 is 1.72. The molecule has 0 fully saturated rings. The van der Waals surface area contributed by atoms with Crippen molar-refractivity contribution in [3.05, 3.63) is 58.2 Å². The maximum Gasteiger partial charge on any atom is 0.306 e. The predicted molar refractivity (Wildman–Crippen MR) is 146 cm³/mol. The van der Waals surface area contributed by atoms with E-state index in [1.165, 1.54) is 16.0 Å². The summed E-state index contributed by atoms with van der Waals surface area (Å²) in [6.07, 6.45) is 6.36. The molecular formula is C29H37N3O3S. The van der Waals surface area contributed by atoms with Crippen LogP contribution in [0.25, 0.3) is 10.6 Å². The van der Waals surface area contributed by atoms with E-state index < -0.39 is 0 Å². The fourth-order valence-corrected chi connectivity index (χ4v) is 5.66. The second kappa shape index (κ2) is 12.3. The number of hydrogen-bond acceptors (Lipinski definition) is 7. The number of thiazole rings is 1. The second-order valence-corrected chi connectivity index (χ2v) is 10.6. The first-order chi connectivity index (χ1) is 17.5. The van der Waals surface area contributed by atoms with E-state index in [1.54, 1.807) is 11.3 Å². The Morgan fingerprint density at radius 1 is 1.17 bits per heavy atom. The summed E-state index contributed by atoms with van der Waals surface area (Å²) in [7, 11) is 0. The van der Waals surface area contributed by atoms with Crippen LogP contribution in [0.4, 0.5) is 5.82 Å². The van der Waals surface area contributed by atoms with Crippen LogP contribution < -0.4 is 9.64 Å². The Morgan fingerprint density at radius 3 is 2.72 bits per heavy atom. The molecular weight excluding hydrogens is 470 g/mol. The van der Waals surface area contributed by atoms with E-state index in [0.717, 1.165) is 66.6 Å². The highest BCUT2D eigenvalue weighted by atomic mass is 32.1. The monoisotopic (exact) mass is 507 g/mol. The minimum Gasteiger partial charge on any atom is -0.494 e. The van der Waals surface area contributed by atoms with Gasteiger partial charge in [0.2, 0.25) is 0 Å².